The Morgan fingerprint density at radius 1 is 1.14 bits per heavy atom. The predicted octanol–water partition coefficient (Wildman–Crippen LogP) is 5.59. The number of hydrogen-bond donors (Lipinski definition) is 1. The van der Waals surface area contributed by atoms with E-state index >= 15 is 0 Å². The fourth-order valence-corrected chi connectivity index (χ4v) is 8.69. The Morgan fingerprint density at radius 3 is 2.41 bits per heavy atom. The van der Waals surface area contributed by atoms with Gasteiger partial charge in [0.1, 0.15) is 5.00 Å². The minimum atomic E-state index is -0.273. The molecule has 1 N–H and O–H groups in total. The van der Waals surface area contributed by atoms with Gasteiger partial charge in [0.05, 0.1) is 12.2 Å². The molecule has 1 amide bonds. The number of rotatable bonds is 5. The summed E-state index contributed by atoms with van der Waals surface area (Å²) < 4.78 is 5.35. The van der Waals surface area contributed by atoms with Crippen molar-refractivity contribution in [2.75, 3.05) is 11.9 Å². The van der Waals surface area contributed by atoms with Gasteiger partial charge in [-0.1, -0.05) is 6.92 Å². The van der Waals surface area contributed by atoms with Crippen LogP contribution >= 0.6 is 11.3 Å². The van der Waals surface area contributed by atoms with E-state index in [4.69, 9.17) is 4.74 Å². The standard InChI is InChI=1S/C24H33NO3S/c1-3-28-23(27)21-18-5-4-14(2)6-19(18)29-22(21)25-20(26)13-24-10-15-7-16(11-24)9-17(8-15)12-24/h14-17H,3-13H2,1-2H3,(H,25,26)/t14-,15?,16?,17?,24?/m1/s1. The molecule has 0 aromatic carbocycles. The minimum Gasteiger partial charge on any atom is -0.462 e. The van der Waals surface area contributed by atoms with Crippen molar-refractivity contribution in [2.24, 2.45) is 29.1 Å². The van der Waals surface area contributed by atoms with Crippen LogP contribution in [-0.4, -0.2) is 18.5 Å². The maximum atomic E-state index is 13.2. The van der Waals surface area contributed by atoms with E-state index in [1.807, 2.05) is 6.92 Å². The van der Waals surface area contributed by atoms with Crippen molar-refractivity contribution < 1.29 is 14.3 Å². The molecule has 5 heteroatoms. The number of nitrogens with one attached hydrogen (secondary N) is 1. The largest absolute Gasteiger partial charge is 0.462 e. The van der Waals surface area contributed by atoms with E-state index in [1.165, 1.54) is 43.4 Å². The van der Waals surface area contributed by atoms with E-state index in [2.05, 4.69) is 12.2 Å². The summed E-state index contributed by atoms with van der Waals surface area (Å²) in [6.07, 6.45) is 11.5. The smallest absolute Gasteiger partial charge is 0.341 e. The normalized spacial score (nSPS) is 34.7. The Hall–Kier alpha value is -1.36. The Kier molecular flexibility index (Phi) is 5.00. The number of fused-ring (bicyclic) bond motifs is 1. The van der Waals surface area contributed by atoms with Gasteiger partial charge in [0.25, 0.3) is 0 Å². The maximum absolute atomic E-state index is 13.2. The summed E-state index contributed by atoms with van der Waals surface area (Å²) in [4.78, 5) is 27.1. The molecule has 4 bridgehead atoms. The molecule has 29 heavy (non-hydrogen) atoms. The highest BCUT2D eigenvalue weighted by Gasteiger charge is 2.51. The lowest BCUT2D eigenvalue weighted by molar-refractivity contribution is -0.124. The van der Waals surface area contributed by atoms with Crippen molar-refractivity contribution in [3.05, 3.63) is 16.0 Å². The molecule has 1 atom stereocenters. The lowest BCUT2D eigenvalue weighted by Gasteiger charge is -2.56. The first kappa shape index (κ1) is 19.6. The van der Waals surface area contributed by atoms with Gasteiger partial charge in [-0.2, -0.15) is 0 Å². The van der Waals surface area contributed by atoms with Crippen LogP contribution in [0.25, 0.3) is 0 Å². The van der Waals surface area contributed by atoms with E-state index in [9.17, 15) is 9.59 Å². The van der Waals surface area contributed by atoms with E-state index in [0.29, 0.717) is 24.5 Å². The third kappa shape index (κ3) is 3.64. The van der Waals surface area contributed by atoms with E-state index in [-0.39, 0.29) is 17.3 Å². The number of amides is 1. The number of carbonyl (C=O) groups is 2. The first-order valence-corrected chi connectivity index (χ1v) is 12.4. The fourth-order valence-electron chi connectivity index (χ4n) is 7.28. The molecule has 1 aromatic rings. The van der Waals surface area contributed by atoms with Crippen LogP contribution in [0.5, 0.6) is 0 Å². The molecule has 4 saturated carbocycles. The van der Waals surface area contributed by atoms with Gasteiger partial charge in [0, 0.05) is 11.3 Å². The second-order valence-electron chi connectivity index (χ2n) is 10.4. The molecular formula is C24H33NO3S. The summed E-state index contributed by atoms with van der Waals surface area (Å²) in [6.45, 7) is 4.46. The van der Waals surface area contributed by atoms with Crippen molar-refractivity contribution >= 4 is 28.2 Å². The molecular weight excluding hydrogens is 382 g/mol. The summed E-state index contributed by atoms with van der Waals surface area (Å²) in [6, 6.07) is 0. The fraction of sp³-hybridized carbons (Fsp3) is 0.750. The van der Waals surface area contributed by atoms with Crippen LogP contribution in [0, 0.1) is 29.1 Å². The number of anilines is 1. The second-order valence-corrected chi connectivity index (χ2v) is 11.5. The summed E-state index contributed by atoms with van der Waals surface area (Å²) in [7, 11) is 0. The maximum Gasteiger partial charge on any atom is 0.341 e. The summed E-state index contributed by atoms with van der Waals surface area (Å²) in [5.74, 6) is 3.00. The molecule has 0 aliphatic heterocycles. The first-order chi connectivity index (χ1) is 13.9. The molecule has 0 unspecified atom stereocenters. The monoisotopic (exact) mass is 415 g/mol. The number of carbonyl (C=O) groups excluding carboxylic acids is 2. The van der Waals surface area contributed by atoms with Crippen molar-refractivity contribution in [3.8, 4) is 0 Å². The summed E-state index contributed by atoms with van der Waals surface area (Å²) in [5, 5.41) is 3.91. The molecule has 4 nitrogen and oxygen atoms in total. The average Bonchev–Trinajstić information content (AvgIpc) is 2.96. The van der Waals surface area contributed by atoms with Crippen LogP contribution in [-0.2, 0) is 22.4 Å². The molecule has 158 valence electrons. The van der Waals surface area contributed by atoms with Crippen LogP contribution in [0.3, 0.4) is 0 Å². The quantitative estimate of drug-likeness (QED) is 0.637. The van der Waals surface area contributed by atoms with Gasteiger partial charge in [-0.3, -0.25) is 4.79 Å². The molecule has 0 saturated heterocycles. The highest BCUT2D eigenvalue weighted by atomic mass is 32.1. The molecule has 0 spiro atoms. The van der Waals surface area contributed by atoms with Crippen LogP contribution in [0.1, 0.15) is 86.0 Å². The van der Waals surface area contributed by atoms with E-state index in [1.54, 1.807) is 11.3 Å². The van der Waals surface area contributed by atoms with Crippen molar-refractivity contribution in [2.45, 2.75) is 78.1 Å². The van der Waals surface area contributed by atoms with Gasteiger partial charge in [0.15, 0.2) is 0 Å². The van der Waals surface area contributed by atoms with Crippen LogP contribution < -0.4 is 5.32 Å². The Balaban J connectivity index is 1.36. The van der Waals surface area contributed by atoms with Crippen molar-refractivity contribution in [3.63, 3.8) is 0 Å². The summed E-state index contributed by atoms with van der Waals surface area (Å²) >= 11 is 1.61. The van der Waals surface area contributed by atoms with Crippen LogP contribution in [0.2, 0.25) is 0 Å². The van der Waals surface area contributed by atoms with E-state index in [0.717, 1.165) is 47.6 Å². The van der Waals surface area contributed by atoms with Gasteiger partial charge in [-0.15, -0.1) is 11.3 Å². The topological polar surface area (TPSA) is 55.4 Å². The SMILES string of the molecule is CCOC(=O)c1c(NC(=O)CC23CC4CC(CC(C4)C2)C3)sc2c1CC[C@@H](C)C2. The van der Waals surface area contributed by atoms with Crippen LogP contribution in [0.15, 0.2) is 0 Å². The Bertz CT molecular complexity index is 791. The number of thiophene rings is 1. The Labute approximate surface area is 177 Å². The Morgan fingerprint density at radius 2 is 1.79 bits per heavy atom. The van der Waals surface area contributed by atoms with Gasteiger partial charge >= 0.3 is 5.97 Å². The molecule has 1 heterocycles. The molecule has 5 aliphatic rings. The highest BCUT2D eigenvalue weighted by Crippen LogP contribution is 2.61. The molecule has 6 rings (SSSR count). The van der Waals surface area contributed by atoms with Gasteiger partial charge in [-0.25, -0.2) is 4.79 Å². The third-order valence-electron chi connectivity index (χ3n) is 7.94. The molecule has 0 radical (unpaired) electrons. The molecule has 5 aliphatic carbocycles. The highest BCUT2D eigenvalue weighted by molar-refractivity contribution is 7.17. The zero-order chi connectivity index (χ0) is 20.2. The zero-order valence-corrected chi connectivity index (χ0v) is 18.5. The zero-order valence-electron chi connectivity index (χ0n) is 17.7. The third-order valence-corrected chi connectivity index (χ3v) is 9.11. The van der Waals surface area contributed by atoms with Crippen LogP contribution in [0.4, 0.5) is 5.00 Å². The first-order valence-electron chi connectivity index (χ1n) is 11.6. The van der Waals surface area contributed by atoms with Crippen molar-refractivity contribution in [1.29, 1.82) is 0 Å². The predicted molar refractivity (Wildman–Crippen MR) is 115 cm³/mol. The lowest BCUT2D eigenvalue weighted by atomic mass is 9.49. The average molecular weight is 416 g/mol. The second kappa shape index (κ2) is 7.40. The van der Waals surface area contributed by atoms with Crippen molar-refractivity contribution in [1.82, 2.24) is 0 Å². The lowest BCUT2D eigenvalue weighted by Crippen LogP contribution is -2.47. The molecule has 1 aromatic heterocycles. The summed E-state index contributed by atoms with van der Waals surface area (Å²) in [5.41, 5.74) is 1.98. The molecule has 4 fully saturated rings. The van der Waals surface area contributed by atoms with Gasteiger partial charge in [-0.05, 0) is 99.4 Å². The number of hydrogen-bond acceptors (Lipinski definition) is 4. The number of esters is 1. The van der Waals surface area contributed by atoms with Gasteiger partial charge < -0.3 is 10.1 Å². The van der Waals surface area contributed by atoms with E-state index < -0.39 is 0 Å². The number of ether oxygens (including phenoxy) is 1. The minimum absolute atomic E-state index is 0.101. The van der Waals surface area contributed by atoms with Gasteiger partial charge in [0.2, 0.25) is 5.91 Å².